The van der Waals surface area contributed by atoms with Crippen molar-refractivity contribution in [3.8, 4) is 22.9 Å². The zero-order valence-electron chi connectivity index (χ0n) is 28.4. The SMILES string of the molecule is c1ccc(-c2nc(-n3c4ccccc4c4ccc5c6c7ccccc7sc6c6ccccc6c5c43)nc3c4ccccc4n(-c4ccccc4)c23)cc1. The first-order valence-electron chi connectivity index (χ1n) is 17.9. The van der Waals surface area contributed by atoms with Gasteiger partial charge in [-0.25, -0.2) is 9.97 Å². The van der Waals surface area contributed by atoms with Crippen molar-refractivity contribution in [1.29, 1.82) is 0 Å². The zero-order chi connectivity index (χ0) is 34.6. The number of para-hydroxylation sites is 3. The van der Waals surface area contributed by atoms with Crippen LogP contribution in [0.1, 0.15) is 0 Å². The molecule has 0 spiro atoms. The lowest BCUT2D eigenvalue weighted by atomic mass is 9.95. The Morgan fingerprint density at radius 3 is 1.79 bits per heavy atom. The van der Waals surface area contributed by atoms with Crippen LogP contribution in [0.4, 0.5) is 0 Å². The highest BCUT2D eigenvalue weighted by atomic mass is 32.1. The van der Waals surface area contributed by atoms with Crippen molar-refractivity contribution >= 4 is 96.8 Å². The predicted octanol–water partition coefficient (Wildman–Crippen LogP) is 13.0. The third-order valence-corrected chi connectivity index (χ3v) is 12.1. The maximum Gasteiger partial charge on any atom is 0.235 e. The van der Waals surface area contributed by atoms with Crippen molar-refractivity contribution in [1.82, 2.24) is 19.1 Å². The number of benzene rings is 8. The Bertz CT molecular complexity index is 3450. The molecule has 4 aromatic heterocycles. The highest BCUT2D eigenvalue weighted by Crippen LogP contribution is 2.48. The Hall–Kier alpha value is -6.82. The van der Waals surface area contributed by atoms with E-state index in [1.165, 1.54) is 52.5 Å². The number of rotatable bonds is 3. The highest BCUT2D eigenvalue weighted by Gasteiger charge is 2.25. The summed E-state index contributed by atoms with van der Waals surface area (Å²) < 4.78 is 7.29. The molecule has 0 amide bonds. The van der Waals surface area contributed by atoms with Crippen molar-refractivity contribution in [2.24, 2.45) is 0 Å². The van der Waals surface area contributed by atoms with Crippen LogP contribution >= 0.6 is 11.3 Å². The molecule has 0 radical (unpaired) electrons. The van der Waals surface area contributed by atoms with Crippen LogP contribution in [0.15, 0.2) is 170 Å². The fourth-order valence-corrected chi connectivity index (χ4v) is 9.98. The van der Waals surface area contributed by atoms with Crippen LogP contribution in [0.5, 0.6) is 0 Å². The molecule has 4 nitrogen and oxygen atoms in total. The van der Waals surface area contributed by atoms with Crippen LogP contribution in [0.25, 0.3) is 108 Å². The molecule has 4 heterocycles. The molecule has 5 heteroatoms. The molecule has 0 N–H and O–H groups in total. The molecule has 0 aliphatic heterocycles. The van der Waals surface area contributed by atoms with Gasteiger partial charge in [-0.1, -0.05) is 140 Å². The molecular weight excluding hydrogens is 665 g/mol. The van der Waals surface area contributed by atoms with Gasteiger partial charge in [0.2, 0.25) is 5.95 Å². The molecule has 53 heavy (non-hydrogen) atoms. The Balaban J connectivity index is 1.32. The normalized spacial score (nSPS) is 12.2. The van der Waals surface area contributed by atoms with E-state index in [4.69, 9.17) is 9.97 Å². The van der Waals surface area contributed by atoms with E-state index in [9.17, 15) is 0 Å². The van der Waals surface area contributed by atoms with E-state index >= 15 is 0 Å². The Labute approximate surface area is 307 Å². The van der Waals surface area contributed by atoms with Gasteiger partial charge in [0.15, 0.2) is 0 Å². The fourth-order valence-electron chi connectivity index (χ4n) is 8.72. The Kier molecular flexibility index (Phi) is 5.90. The third kappa shape index (κ3) is 3.94. The number of hydrogen-bond donors (Lipinski definition) is 0. The number of aromatic nitrogens is 4. The standard InChI is InChI=1S/C48H28N4S/c1-3-15-29(16-4-1)43-46-44(35-22-10-13-25-39(35)51(46)30-17-5-2-6-18-30)50-48(49-43)52-38-24-12-9-19-31(38)33-27-28-37-41(45(33)52)32-20-7-8-21-34(32)47-42(37)36-23-11-14-26-40(36)53-47/h1-28H. The number of nitrogens with zero attached hydrogens (tertiary/aromatic N) is 4. The molecule has 0 atom stereocenters. The van der Waals surface area contributed by atoms with E-state index in [-0.39, 0.29) is 0 Å². The van der Waals surface area contributed by atoms with Gasteiger partial charge in [0.1, 0.15) is 11.2 Å². The van der Waals surface area contributed by atoms with E-state index in [0.29, 0.717) is 5.95 Å². The van der Waals surface area contributed by atoms with Crippen molar-refractivity contribution in [2.75, 3.05) is 0 Å². The molecule has 0 fully saturated rings. The van der Waals surface area contributed by atoms with E-state index in [1.807, 2.05) is 11.3 Å². The summed E-state index contributed by atoms with van der Waals surface area (Å²) in [5.41, 5.74) is 8.25. The summed E-state index contributed by atoms with van der Waals surface area (Å²) in [4.78, 5) is 11.2. The summed E-state index contributed by atoms with van der Waals surface area (Å²) in [7, 11) is 0. The van der Waals surface area contributed by atoms with E-state index in [1.54, 1.807) is 0 Å². The van der Waals surface area contributed by atoms with Crippen LogP contribution < -0.4 is 0 Å². The van der Waals surface area contributed by atoms with Gasteiger partial charge in [0, 0.05) is 58.4 Å². The molecule has 0 saturated carbocycles. The first kappa shape index (κ1) is 28.8. The Morgan fingerprint density at radius 1 is 0.396 bits per heavy atom. The molecule has 0 aliphatic rings. The first-order chi connectivity index (χ1) is 26.3. The largest absolute Gasteiger partial charge is 0.306 e. The second kappa shape index (κ2) is 10.8. The topological polar surface area (TPSA) is 35.6 Å². The quantitative estimate of drug-likeness (QED) is 0.173. The van der Waals surface area contributed by atoms with Crippen molar-refractivity contribution in [3.63, 3.8) is 0 Å². The molecule has 0 aliphatic carbocycles. The monoisotopic (exact) mass is 692 g/mol. The van der Waals surface area contributed by atoms with Crippen LogP contribution in [-0.2, 0) is 0 Å². The number of hydrogen-bond acceptors (Lipinski definition) is 3. The lowest BCUT2D eigenvalue weighted by Gasteiger charge is -2.15. The molecular formula is C48H28N4S. The zero-order valence-corrected chi connectivity index (χ0v) is 29.2. The average molecular weight is 693 g/mol. The third-order valence-electron chi connectivity index (χ3n) is 10.9. The van der Waals surface area contributed by atoms with E-state index in [2.05, 4.69) is 179 Å². The van der Waals surface area contributed by atoms with Crippen LogP contribution in [-0.4, -0.2) is 19.1 Å². The van der Waals surface area contributed by atoms with Gasteiger partial charge in [-0.2, -0.15) is 0 Å². The molecule has 0 saturated heterocycles. The van der Waals surface area contributed by atoms with Crippen molar-refractivity contribution in [2.45, 2.75) is 0 Å². The summed E-state index contributed by atoms with van der Waals surface area (Å²) in [6.07, 6.45) is 0. The molecule has 246 valence electrons. The minimum absolute atomic E-state index is 0.658. The summed E-state index contributed by atoms with van der Waals surface area (Å²) in [6, 6.07) is 60.8. The van der Waals surface area contributed by atoms with Gasteiger partial charge in [-0.3, -0.25) is 4.57 Å². The number of thiophene rings is 1. The summed E-state index contributed by atoms with van der Waals surface area (Å²) in [5, 5.41) is 11.0. The second-order valence-electron chi connectivity index (χ2n) is 13.7. The van der Waals surface area contributed by atoms with Crippen LogP contribution in [0, 0.1) is 0 Å². The van der Waals surface area contributed by atoms with Gasteiger partial charge in [0.05, 0.1) is 22.1 Å². The van der Waals surface area contributed by atoms with Gasteiger partial charge in [-0.05, 0) is 41.1 Å². The maximum absolute atomic E-state index is 5.62. The molecule has 12 rings (SSSR count). The van der Waals surface area contributed by atoms with Gasteiger partial charge < -0.3 is 4.57 Å². The average Bonchev–Trinajstić information content (AvgIpc) is 3.89. The number of fused-ring (bicyclic) bond motifs is 15. The lowest BCUT2D eigenvalue weighted by molar-refractivity contribution is 1.01. The van der Waals surface area contributed by atoms with E-state index in [0.717, 1.165) is 49.9 Å². The smallest absolute Gasteiger partial charge is 0.235 e. The fraction of sp³-hybridized carbons (Fsp3) is 0. The maximum atomic E-state index is 5.62. The molecule has 0 unspecified atom stereocenters. The molecule has 12 aromatic rings. The summed E-state index contributed by atoms with van der Waals surface area (Å²) in [6.45, 7) is 0. The summed E-state index contributed by atoms with van der Waals surface area (Å²) in [5.74, 6) is 0.658. The van der Waals surface area contributed by atoms with Crippen molar-refractivity contribution in [3.05, 3.63) is 170 Å². The van der Waals surface area contributed by atoms with Crippen LogP contribution in [0.3, 0.4) is 0 Å². The van der Waals surface area contributed by atoms with Gasteiger partial charge >= 0.3 is 0 Å². The first-order valence-corrected chi connectivity index (χ1v) is 18.8. The predicted molar refractivity (Wildman–Crippen MR) is 224 cm³/mol. The Morgan fingerprint density at radius 2 is 1.00 bits per heavy atom. The highest BCUT2D eigenvalue weighted by molar-refractivity contribution is 7.27. The summed E-state index contributed by atoms with van der Waals surface area (Å²) >= 11 is 1.89. The van der Waals surface area contributed by atoms with Gasteiger partial charge in [-0.15, -0.1) is 11.3 Å². The van der Waals surface area contributed by atoms with Crippen LogP contribution in [0.2, 0.25) is 0 Å². The van der Waals surface area contributed by atoms with E-state index < -0.39 is 0 Å². The minimum atomic E-state index is 0.658. The minimum Gasteiger partial charge on any atom is -0.306 e. The van der Waals surface area contributed by atoms with Gasteiger partial charge in [0.25, 0.3) is 0 Å². The lowest BCUT2D eigenvalue weighted by Crippen LogP contribution is -2.05. The molecule has 0 bridgehead atoms. The van der Waals surface area contributed by atoms with Crippen molar-refractivity contribution < 1.29 is 0 Å². The molecule has 8 aromatic carbocycles. The second-order valence-corrected chi connectivity index (χ2v) is 14.8.